The Labute approximate surface area is 138 Å². The van der Waals surface area contributed by atoms with Crippen LogP contribution in [0.2, 0.25) is 5.02 Å². The second kappa shape index (κ2) is 6.41. The Morgan fingerprint density at radius 3 is 2.67 bits per heavy atom. The summed E-state index contributed by atoms with van der Waals surface area (Å²) < 4.78 is 27.6. The molecule has 10 heteroatoms. The van der Waals surface area contributed by atoms with Gasteiger partial charge in [0.25, 0.3) is 5.69 Å². The first-order chi connectivity index (χ1) is 9.79. The fraction of sp³-hybridized carbons (Fsp3) is 0.0909. The van der Waals surface area contributed by atoms with E-state index >= 15 is 0 Å². The lowest BCUT2D eigenvalue weighted by molar-refractivity contribution is -0.385. The number of nitro benzene ring substituents is 1. The van der Waals surface area contributed by atoms with Crippen molar-refractivity contribution in [3.8, 4) is 0 Å². The molecule has 2 aromatic rings. The molecule has 0 radical (unpaired) electrons. The van der Waals surface area contributed by atoms with E-state index < -0.39 is 14.9 Å². The highest BCUT2D eigenvalue weighted by atomic mass is 79.9. The first kappa shape index (κ1) is 16.4. The second-order valence-corrected chi connectivity index (χ2v) is 7.98. The third-order valence-corrected chi connectivity index (χ3v) is 6.05. The number of sulfonamides is 1. The zero-order valence-electron chi connectivity index (χ0n) is 10.2. The van der Waals surface area contributed by atoms with E-state index in [0.717, 1.165) is 21.5 Å². The van der Waals surface area contributed by atoms with Crippen molar-refractivity contribution in [2.24, 2.45) is 0 Å². The highest BCUT2D eigenvalue weighted by molar-refractivity contribution is 9.10. The van der Waals surface area contributed by atoms with E-state index in [2.05, 4.69) is 20.7 Å². The van der Waals surface area contributed by atoms with Gasteiger partial charge in [-0.1, -0.05) is 11.6 Å². The highest BCUT2D eigenvalue weighted by Gasteiger charge is 2.21. The smallest absolute Gasteiger partial charge is 0.258 e. The number of hydrogen-bond acceptors (Lipinski definition) is 5. The minimum atomic E-state index is -3.93. The minimum Gasteiger partial charge on any atom is -0.258 e. The lowest BCUT2D eigenvalue weighted by atomic mass is 10.3. The summed E-state index contributed by atoms with van der Waals surface area (Å²) in [5, 5.41) is 12.5. The van der Waals surface area contributed by atoms with Gasteiger partial charge in [-0.05, 0) is 28.1 Å². The van der Waals surface area contributed by atoms with Crippen LogP contribution in [0.1, 0.15) is 4.88 Å². The van der Waals surface area contributed by atoms with Gasteiger partial charge in [0, 0.05) is 33.4 Å². The molecule has 0 fully saturated rings. The van der Waals surface area contributed by atoms with Crippen LogP contribution in [-0.2, 0) is 16.6 Å². The summed E-state index contributed by atoms with van der Waals surface area (Å²) in [6, 6.07) is 5.06. The van der Waals surface area contributed by atoms with Crippen LogP contribution < -0.4 is 4.72 Å². The van der Waals surface area contributed by atoms with Gasteiger partial charge in [-0.2, -0.15) is 0 Å². The lowest BCUT2D eigenvalue weighted by Gasteiger charge is -2.07. The van der Waals surface area contributed by atoms with E-state index in [4.69, 9.17) is 11.6 Å². The number of nitrogens with one attached hydrogen (secondary N) is 1. The molecular weight excluding hydrogens is 404 g/mol. The van der Waals surface area contributed by atoms with Crippen molar-refractivity contribution in [3.63, 3.8) is 0 Å². The standard InChI is InChI=1S/C11H8BrClN2O4S2/c12-7-3-9(20-6-7)5-14-21(18,19)11-4-8(15(16)17)1-2-10(11)13/h1-4,6,14H,5H2. The second-order valence-electron chi connectivity index (χ2n) is 3.93. The van der Waals surface area contributed by atoms with Gasteiger partial charge in [-0.25, -0.2) is 13.1 Å². The molecule has 21 heavy (non-hydrogen) atoms. The summed E-state index contributed by atoms with van der Waals surface area (Å²) in [7, 11) is -3.93. The van der Waals surface area contributed by atoms with Crippen molar-refractivity contribution in [2.75, 3.05) is 0 Å². The molecule has 0 spiro atoms. The third kappa shape index (κ3) is 4.01. The Balaban J connectivity index is 2.26. The molecule has 0 saturated heterocycles. The average molecular weight is 412 g/mol. The Morgan fingerprint density at radius 2 is 2.10 bits per heavy atom. The van der Waals surface area contributed by atoms with Crippen LogP contribution >= 0.6 is 38.9 Å². The monoisotopic (exact) mass is 410 g/mol. The predicted octanol–water partition coefficient (Wildman–Crippen LogP) is 3.55. The van der Waals surface area contributed by atoms with Gasteiger partial charge in [0.05, 0.1) is 9.95 Å². The van der Waals surface area contributed by atoms with Crippen LogP contribution in [-0.4, -0.2) is 13.3 Å². The van der Waals surface area contributed by atoms with Gasteiger partial charge in [0.2, 0.25) is 10.0 Å². The fourth-order valence-corrected chi connectivity index (χ4v) is 4.51. The van der Waals surface area contributed by atoms with E-state index in [0.29, 0.717) is 0 Å². The quantitative estimate of drug-likeness (QED) is 0.602. The van der Waals surface area contributed by atoms with Gasteiger partial charge in [-0.15, -0.1) is 11.3 Å². The summed E-state index contributed by atoms with van der Waals surface area (Å²) in [6.45, 7) is 0.0810. The SMILES string of the molecule is O=[N+]([O-])c1ccc(Cl)c(S(=O)(=O)NCc2cc(Br)cs2)c1. The van der Waals surface area contributed by atoms with E-state index in [1.165, 1.54) is 17.4 Å². The fourth-order valence-electron chi connectivity index (χ4n) is 1.50. The van der Waals surface area contributed by atoms with Crippen molar-refractivity contribution >= 4 is 54.6 Å². The number of hydrogen-bond donors (Lipinski definition) is 1. The number of rotatable bonds is 5. The van der Waals surface area contributed by atoms with Crippen LogP contribution in [0.15, 0.2) is 39.0 Å². The molecule has 112 valence electrons. The Kier molecular flexibility index (Phi) is 4.99. The van der Waals surface area contributed by atoms with Crippen molar-refractivity contribution in [3.05, 3.63) is 54.1 Å². The summed E-state index contributed by atoms with van der Waals surface area (Å²) in [6.07, 6.45) is 0. The molecule has 0 aliphatic rings. The largest absolute Gasteiger partial charge is 0.270 e. The van der Waals surface area contributed by atoms with Crippen LogP contribution in [0.25, 0.3) is 0 Å². The van der Waals surface area contributed by atoms with Crippen LogP contribution in [0, 0.1) is 10.1 Å². The number of benzene rings is 1. The molecular formula is C11H8BrClN2O4S2. The molecule has 0 aliphatic carbocycles. The molecule has 0 atom stereocenters. The van der Waals surface area contributed by atoms with E-state index in [1.54, 1.807) is 6.07 Å². The summed E-state index contributed by atoms with van der Waals surface area (Å²) in [5.41, 5.74) is -0.335. The summed E-state index contributed by atoms with van der Waals surface area (Å²) in [5.74, 6) is 0. The van der Waals surface area contributed by atoms with Crippen LogP contribution in [0.4, 0.5) is 5.69 Å². The topological polar surface area (TPSA) is 89.3 Å². The van der Waals surface area contributed by atoms with Crippen molar-refractivity contribution < 1.29 is 13.3 Å². The number of halogens is 2. The van der Waals surface area contributed by atoms with E-state index in [-0.39, 0.29) is 22.2 Å². The van der Waals surface area contributed by atoms with Crippen LogP contribution in [0.5, 0.6) is 0 Å². The maximum absolute atomic E-state index is 12.2. The maximum Gasteiger partial charge on any atom is 0.270 e. The number of nitrogens with zero attached hydrogens (tertiary/aromatic N) is 1. The van der Waals surface area contributed by atoms with Crippen molar-refractivity contribution in [1.82, 2.24) is 4.72 Å². The van der Waals surface area contributed by atoms with Gasteiger partial charge in [0.1, 0.15) is 4.90 Å². The molecule has 0 bridgehead atoms. The molecule has 6 nitrogen and oxygen atoms in total. The Hall–Kier alpha value is -1.000. The third-order valence-electron chi connectivity index (χ3n) is 2.47. The maximum atomic E-state index is 12.2. The molecule has 1 N–H and O–H groups in total. The van der Waals surface area contributed by atoms with E-state index in [1.807, 2.05) is 5.38 Å². The first-order valence-corrected chi connectivity index (χ1v) is 8.99. The predicted molar refractivity (Wildman–Crippen MR) is 84.2 cm³/mol. The molecule has 2 rings (SSSR count). The average Bonchev–Trinajstić information content (AvgIpc) is 2.82. The molecule has 0 aliphatic heterocycles. The molecule has 1 aromatic carbocycles. The lowest BCUT2D eigenvalue weighted by Crippen LogP contribution is -2.23. The van der Waals surface area contributed by atoms with Gasteiger partial charge in [-0.3, -0.25) is 10.1 Å². The van der Waals surface area contributed by atoms with Gasteiger partial charge < -0.3 is 0 Å². The number of thiophene rings is 1. The normalized spacial score (nSPS) is 11.5. The minimum absolute atomic E-state index is 0.0690. The molecule has 1 heterocycles. The summed E-state index contributed by atoms with van der Waals surface area (Å²) >= 11 is 10.5. The molecule has 0 saturated carbocycles. The highest BCUT2D eigenvalue weighted by Crippen LogP contribution is 2.26. The number of nitro groups is 1. The molecule has 0 unspecified atom stereocenters. The van der Waals surface area contributed by atoms with Crippen molar-refractivity contribution in [1.29, 1.82) is 0 Å². The first-order valence-electron chi connectivity index (χ1n) is 5.46. The number of non-ortho nitro benzene ring substituents is 1. The Morgan fingerprint density at radius 1 is 1.38 bits per heavy atom. The van der Waals surface area contributed by atoms with E-state index in [9.17, 15) is 18.5 Å². The van der Waals surface area contributed by atoms with Gasteiger partial charge >= 0.3 is 0 Å². The Bertz CT molecular complexity index is 791. The zero-order chi connectivity index (χ0) is 15.6. The molecule has 1 aromatic heterocycles. The van der Waals surface area contributed by atoms with Gasteiger partial charge in [0.15, 0.2) is 0 Å². The van der Waals surface area contributed by atoms with Crippen LogP contribution in [0.3, 0.4) is 0 Å². The summed E-state index contributed by atoms with van der Waals surface area (Å²) in [4.78, 5) is 10.5. The molecule has 0 amide bonds. The zero-order valence-corrected chi connectivity index (χ0v) is 14.2. The van der Waals surface area contributed by atoms with Crippen molar-refractivity contribution in [2.45, 2.75) is 11.4 Å².